The maximum absolute atomic E-state index is 10.9. The Balaban J connectivity index is 1.97. The molecule has 4 rings (SSSR count). The van der Waals surface area contributed by atoms with Gasteiger partial charge >= 0.3 is 0 Å². The van der Waals surface area contributed by atoms with Crippen molar-refractivity contribution in [1.82, 2.24) is 15.2 Å². The number of hydrogen-bond donors (Lipinski definition) is 2. The number of phenols is 1. The molecule has 0 aliphatic rings. The van der Waals surface area contributed by atoms with E-state index in [-0.39, 0.29) is 12.3 Å². The van der Waals surface area contributed by atoms with E-state index in [4.69, 9.17) is 0 Å². The van der Waals surface area contributed by atoms with Crippen LogP contribution in [0.25, 0.3) is 27.7 Å². The standard InChI is InChI=1S/C21H16N4O2/c1-13(14-7-9-16(26)10-8-14)17-11-22-21-20(17)19(15-5-3-2-4-6-15)18(12-23-27)24-25-21/h2-11,26H,1,12H2,(H,22,25). The molecule has 0 unspecified atom stereocenters. The minimum absolute atomic E-state index is 0.0660. The van der Waals surface area contributed by atoms with Crippen molar-refractivity contribution in [3.05, 3.63) is 89.1 Å². The summed E-state index contributed by atoms with van der Waals surface area (Å²) in [7, 11) is 0. The van der Waals surface area contributed by atoms with Crippen molar-refractivity contribution in [1.29, 1.82) is 0 Å². The Hall–Kier alpha value is -3.80. The maximum Gasteiger partial charge on any atom is 0.161 e. The van der Waals surface area contributed by atoms with Crippen molar-refractivity contribution in [3.63, 3.8) is 0 Å². The molecular weight excluding hydrogens is 340 g/mol. The number of hydrogen-bond acceptors (Lipinski definition) is 5. The normalized spacial score (nSPS) is 10.8. The van der Waals surface area contributed by atoms with Crippen molar-refractivity contribution < 1.29 is 5.11 Å². The lowest BCUT2D eigenvalue weighted by molar-refractivity contribution is 0.475. The maximum atomic E-state index is 10.9. The predicted molar refractivity (Wildman–Crippen MR) is 105 cm³/mol. The molecule has 4 aromatic rings. The van der Waals surface area contributed by atoms with E-state index < -0.39 is 0 Å². The van der Waals surface area contributed by atoms with Crippen LogP contribution in [0, 0.1) is 4.91 Å². The topological polar surface area (TPSA) is 91.2 Å². The number of nitrogens with zero attached hydrogens (tertiary/aromatic N) is 3. The molecule has 0 spiro atoms. The third kappa shape index (κ3) is 2.97. The molecule has 0 amide bonds. The van der Waals surface area contributed by atoms with Gasteiger partial charge < -0.3 is 10.1 Å². The van der Waals surface area contributed by atoms with Gasteiger partial charge in [0.05, 0.1) is 5.69 Å². The third-order valence-electron chi connectivity index (χ3n) is 4.49. The van der Waals surface area contributed by atoms with Gasteiger partial charge in [0.25, 0.3) is 0 Å². The van der Waals surface area contributed by atoms with Gasteiger partial charge in [0.2, 0.25) is 0 Å². The molecule has 0 radical (unpaired) electrons. The minimum atomic E-state index is -0.0660. The highest BCUT2D eigenvalue weighted by atomic mass is 16.3. The number of aromatic hydroxyl groups is 1. The van der Waals surface area contributed by atoms with Crippen LogP contribution in [0.5, 0.6) is 5.75 Å². The average molecular weight is 356 g/mol. The van der Waals surface area contributed by atoms with Crippen molar-refractivity contribution in [2.24, 2.45) is 5.18 Å². The highest BCUT2D eigenvalue weighted by Gasteiger charge is 2.19. The minimum Gasteiger partial charge on any atom is -0.508 e. The van der Waals surface area contributed by atoms with Crippen LogP contribution in [0.2, 0.25) is 0 Å². The molecule has 2 aromatic carbocycles. The molecule has 0 aliphatic heterocycles. The highest BCUT2D eigenvalue weighted by molar-refractivity contribution is 6.04. The van der Waals surface area contributed by atoms with E-state index in [1.54, 1.807) is 24.3 Å². The van der Waals surface area contributed by atoms with E-state index in [0.717, 1.165) is 33.2 Å². The Kier molecular flexibility index (Phi) is 4.22. The molecule has 6 heteroatoms. The molecule has 6 nitrogen and oxygen atoms in total. The SMILES string of the molecule is C=C(c1ccc(O)cc1)c1c[nH]c2nnc(CN=O)c(-c3ccccc3)c12. The Bertz CT molecular complexity index is 1130. The van der Waals surface area contributed by atoms with Crippen LogP contribution in [0.1, 0.15) is 16.8 Å². The summed E-state index contributed by atoms with van der Waals surface area (Å²) in [6, 6.07) is 16.6. The summed E-state index contributed by atoms with van der Waals surface area (Å²) >= 11 is 0. The summed E-state index contributed by atoms with van der Waals surface area (Å²) in [5.41, 5.74) is 5.38. The molecule has 2 heterocycles. The van der Waals surface area contributed by atoms with Crippen molar-refractivity contribution in [3.8, 4) is 16.9 Å². The lowest BCUT2D eigenvalue weighted by Gasteiger charge is -2.11. The van der Waals surface area contributed by atoms with E-state index in [0.29, 0.717) is 11.3 Å². The molecule has 27 heavy (non-hydrogen) atoms. The second-order valence-electron chi connectivity index (χ2n) is 6.13. The first-order valence-electron chi connectivity index (χ1n) is 8.39. The number of aromatic nitrogens is 3. The van der Waals surface area contributed by atoms with Crippen LogP contribution in [0.15, 0.2) is 72.5 Å². The number of rotatable bonds is 5. The zero-order valence-electron chi connectivity index (χ0n) is 14.4. The van der Waals surface area contributed by atoms with Gasteiger partial charge in [-0.25, -0.2) is 0 Å². The Morgan fingerprint density at radius 2 is 1.81 bits per heavy atom. The van der Waals surface area contributed by atoms with E-state index in [2.05, 4.69) is 26.9 Å². The van der Waals surface area contributed by atoms with E-state index in [1.807, 2.05) is 36.5 Å². The Labute approximate surface area is 155 Å². The van der Waals surface area contributed by atoms with Crippen LogP contribution in [0.4, 0.5) is 0 Å². The Morgan fingerprint density at radius 3 is 2.52 bits per heavy atom. The Morgan fingerprint density at radius 1 is 1.07 bits per heavy atom. The van der Waals surface area contributed by atoms with Gasteiger partial charge in [0.15, 0.2) is 5.65 Å². The largest absolute Gasteiger partial charge is 0.508 e. The molecule has 2 N–H and O–H groups in total. The summed E-state index contributed by atoms with van der Waals surface area (Å²) < 4.78 is 0. The molecular formula is C21H16N4O2. The van der Waals surface area contributed by atoms with Gasteiger partial charge in [-0.3, -0.25) is 0 Å². The number of aromatic amines is 1. The zero-order valence-corrected chi connectivity index (χ0v) is 14.4. The van der Waals surface area contributed by atoms with Crippen LogP contribution in [-0.4, -0.2) is 20.3 Å². The summed E-state index contributed by atoms with van der Waals surface area (Å²) in [5.74, 6) is 0.195. The van der Waals surface area contributed by atoms with Crippen LogP contribution in [0.3, 0.4) is 0 Å². The third-order valence-corrected chi connectivity index (χ3v) is 4.49. The average Bonchev–Trinajstić information content (AvgIpc) is 3.13. The summed E-state index contributed by atoms with van der Waals surface area (Å²) in [5, 5.41) is 21.8. The molecule has 0 fully saturated rings. The highest BCUT2D eigenvalue weighted by Crippen LogP contribution is 2.37. The number of phenolic OH excluding ortho intramolecular Hbond substituents is 1. The molecule has 0 saturated heterocycles. The molecule has 132 valence electrons. The molecule has 0 atom stereocenters. The summed E-state index contributed by atoms with van der Waals surface area (Å²) in [6.07, 6.45) is 1.83. The van der Waals surface area contributed by atoms with E-state index in [1.165, 1.54) is 0 Å². The van der Waals surface area contributed by atoms with Crippen molar-refractivity contribution >= 4 is 16.6 Å². The van der Waals surface area contributed by atoms with Gasteiger partial charge in [-0.1, -0.05) is 54.2 Å². The van der Waals surface area contributed by atoms with E-state index in [9.17, 15) is 10.0 Å². The molecule has 0 bridgehead atoms. The second-order valence-corrected chi connectivity index (χ2v) is 6.13. The second kappa shape index (κ2) is 6.84. The lowest BCUT2D eigenvalue weighted by atomic mass is 9.94. The first-order chi connectivity index (χ1) is 13.2. The number of nitrogens with one attached hydrogen (secondary N) is 1. The predicted octanol–water partition coefficient (Wildman–Crippen LogP) is 4.66. The first kappa shape index (κ1) is 16.7. The van der Waals surface area contributed by atoms with Gasteiger partial charge in [0.1, 0.15) is 12.3 Å². The van der Waals surface area contributed by atoms with Gasteiger partial charge in [-0.05, 0) is 28.8 Å². The summed E-state index contributed by atoms with van der Waals surface area (Å²) in [6.45, 7) is 4.16. The van der Waals surface area contributed by atoms with Gasteiger partial charge in [-0.2, -0.15) is 10.0 Å². The molecule has 0 aliphatic carbocycles. The zero-order chi connectivity index (χ0) is 18.8. The fourth-order valence-electron chi connectivity index (χ4n) is 3.19. The molecule has 0 saturated carbocycles. The summed E-state index contributed by atoms with van der Waals surface area (Å²) in [4.78, 5) is 14.1. The van der Waals surface area contributed by atoms with Crippen LogP contribution >= 0.6 is 0 Å². The van der Waals surface area contributed by atoms with Crippen LogP contribution < -0.4 is 0 Å². The first-order valence-corrected chi connectivity index (χ1v) is 8.39. The number of benzene rings is 2. The number of nitroso groups, excluding NO2 is 1. The van der Waals surface area contributed by atoms with E-state index >= 15 is 0 Å². The lowest BCUT2D eigenvalue weighted by Crippen LogP contribution is -1.98. The van der Waals surface area contributed by atoms with Gasteiger partial charge in [0, 0.05) is 22.7 Å². The van der Waals surface area contributed by atoms with Crippen LogP contribution in [-0.2, 0) is 6.54 Å². The van der Waals surface area contributed by atoms with Crippen molar-refractivity contribution in [2.75, 3.05) is 0 Å². The van der Waals surface area contributed by atoms with Crippen molar-refractivity contribution in [2.45, 2.75) is 6.54 Å². The monoisotopic (exact) mass is 356 g/mol. The number of H-pyrrole nitrogens is 1. The quantitative estimate of drug-likeness (QED) is 0.509. The van der Waals surface area contributed by atoms with Gasteiger partial charge in [-0.15, -0.1) is 5.10 Å². The molecule has 2 aromatic heterocycles. The number of fused-ring (bicyclic) bond motifs is 1. The fraction of sp³-hybridized carbons (Fsp3) is 0.0476. The fourth-order valence-corrected chi connectivity index (χ4v) is 3.19. The smallest absolute Gasteiger partial charge is 0.161 e.